The number of hydrogen-bond donors (Lipinski definition) is 2. The predicted molar refractivity (Wildman–Crippen MR) is 108 cm³/mol. The Kier molecular flexibility index (Phi) is 6.00. The minimum atomic E-state index is -0.242. The van der Waals surface area contributed by atoms with Gasteiger partial charge in [-0.3, -0.25) is 9.59 Å². The number of nitrogens with one attached hydrogen (secondary N) is 2. The molecule has 0 saturated carbocycles. The number of rotatable bonds is 6. The van der Waals surface area contributed by atoms with E-state index in [0.29, 0.717) is 16.8 Å². The first kappa shape index (κ1) is 18.4. The highest BCUT2D eigenvalue weighted by Crippen LogP contribution is 2.17. The van der Waals surface area contributed by atoms with Crippen LogP contribution in [0.4, 0.5) is 5.69 Å². The maximum atomic E-state index is 12.7. The zero-order valence-electron chi connectivity index (χ0n) is 15.2. The van der Waals surface area contributed by atoms with Crippen molar-refractivity contribution in [3.63, 3.8) is 0 Å². The molecule has 0 unspecified atom stereocenters. The molecule has 0 heterocycles. The molecule has 27 heavy (non-hydrogen) atoms. The summed E-state index contributed by atoms with van der Waals surface area (Å²) in [5.74, 6) is -0.449. The molecule has 3 aromatic carbocycles. The van der Waals surface area contributed by atoms with Crippen molar-refractivity contribution in [2.24, 2.45) is 0 Å². The van der Waals surface area contributed by atoms with Crippen LogP contribution >= 0.6 is 0 Å². The van der Waals surface area contributed by atoms with E-state index in [0.717, 1.165) is 12.0 Å². The van der Waals surface area contributed by atoms with Crippen LogP contribution < -0.4 is 10.6 Å². The summed E-state index contributed by atoms with van der Waals surface area (Å²) in [6.45, 7) is 1.97. The molecule has 0 aliphatic carbocycles. The lowest BCUT2D eigenvalue weighted by atomic mass is 10.1. The molecule has 0 aliphatic heterocycles. The van der Waals surface area contributed by atoms with Gasteiger partial charge in [-0.05, 0) is 43.2 Å². The van der Waals surface area contributed by atoms with Crippen LogP contribution in [-0.4, -0.2) is 17.9 Å². The largest absolute Gasteiger partial charge is 0.349 e. The zero-order chi connectivity index (χ0) is 19.1. The standard InChI is InChI=1S/C23H22N2O2/c1-17(16-18-10-4-2-5-11-18)24-23(27)20-14-8-9-15-21(20)25-22(26)19-12-6-3-7-13-19/h2-15,17H,16H2,1H3,(H,24,27)(H,25,26)/t17-/m1/s1. The van der Waals surface area contributed by atoms with Crippen molar-refractivity contribution in [2.75, 3.05) is 5.32 Å². The molecule has 0 saturated heterocycles. The molecule has 0 aromatic heterocycles. The van der Waals surface area contributed by atoms with Gasteiger partial charge in [-0.1, -0.05) is 60.7 Å². The van der Waals surface area contributed by atoms with E-state index in [9.17, 15) is 9.59 Å². The first-order valence-electron chi connectivity index (χ1n) is 8.93. The molecule has 0 fully saturated rings. The van der Waals surface area contributed by atoms with E-state index in [1.807, 2.05) is 43.3 Å². The van der Waals surface area contributed by atoms with Crippen molar-refractivity contribution < 1.29 is 9.59 Å². The summed E-state index contributed by atoms with van der Waals surface area (Å²) < 4.78 is 0. The van der Waals surface area contributed by atoms with Gasteiger partial charge in [0.2, 0.25) is 0 Å². The average Bonchev–Trinajstić information content (AvgIpc) is 2.69. The van der Waals surface area contributed by atoms with Crippen molar-refractivity contribution >= 4 is 17.5 Å². The Labute approximate surface area is 159 Å². The summed E-state index contributed by atoms with van der Waals surface area (Å²) in [4.78, 5) is 25.1. The molecular weight excluding hydrogens is 336 g/mol. The normalized spacial score (nSPS) is 11.4. The topological polar surface area (TPSA) is 58.2 Å². The van der Waals surface area contributed by atoms with Crippen LogP contribution in [0.1, 0.15) is 33.2 Å². The van der Waals surface area contributed by atoms with Gasteiger partial charge in [0, 0.05) is 11.6 Å². The lowest BCUT2D eigenvalue weighted by Gasteiger charge is -2.16. The van der Waals surface area contributed by atoms with E-state index in [1.165, 1.54) is 0 Å². The van der Waals surface area contributed by atoms with Gasteiger partial charge in [-0.25, -0.2) is 0 Å². The van der Waals surface area contributed by atoms with Crippen LogP contribution in [0.2, 0.25) is 0 Å². The SMILES string of the molecule is C[C@H](Cc1ccccc1)NC(=O)c1ccccc1NC(=O)c1ccccc1. The van der Waals surface area contributed by atoms with Crippen LogP contribution in [-0.2, 0) is 6.42 Å². The van der Waals surface area contributed by atoms with Gasteiger partial charge < -0.3 is 10.6 Å². The number of carbonyl (C=O) groups excluding carboxylic acids is 2. The molecule has 0 bridgehead atoms. The van der Waals surface area contributed by atoms with Crippen molar-refractivity contribution in [3.8, 4) is 0 Å². The highest BCUT2D eigenvalue weighted by atomic mass is 16.2. The lowest BCUT2D eigenvalue weighted by molar-refractivity contribution is 0.0941. The second-order valence-corrected chi connectivity index (χ2v) is 6.43. The molecule has 3 rings (SSSR count). The first-order valence-corrected chi connectivity index (χ1v) is 8.93. The minimum Gasteiger partial charge on any atom is -0.349 e. The predicted octanol–water partition coefficient (Wildman–Crippen LogP) is 4.30. The number of carbonyl (C=O) groups is 2. The average molecular weight is 358 g/mol. The fourth-order valence-corrected chi connectivity index (χ4v) is 2.89. The maximum Gasteiger partial charge on any atom is 0.255 e. The Hall–Kier alpha value is -3.40. The summed E-state index contributed by atoms with van der Waals surface area (Å²) >= 11 is 0. The van der Waals surface area contributed by atoms with Crippen molar-refractivity contribution in [1.82, 2.24) is 5.32 Å². The van der Waals surface area contributed by atoms with Gasteiger partial charge >= 0.3 is 0 Å². The summed E-state index contributed by atoms with van der Waals surface area (Å²) in [6, 6.07) is 26.0. The maximum absolute atomic E-state index is 12.7. The number of hydrogen-bond acceptors (Lipinski definition) is 2. The fraction of sp³-hybridized carbons (Fsp3) is 0.130. The smallest absolute Gasteiger partial charge is 0.255 e. The lowest BCUT2D eigenvalue weighted by Crippen LogP contribution is -2.34. The highest BCUT2D eigenvalue weighted by Gasteiger charge is 2.16. The Morgan fingerprint density at radius 1 is 0.778 bits per heavy atom. The van der Waals surface area contributed by atoms with Crippen LogP contribution in [0.3, 0.4) is 0 Å². The molecule has 0 radical (unpaired) electrons. The second-order valence-electron chi connectivity index (χ2n) is 6.43. The molecular formula is C23H22N2O2. The summed E-state index contributed by atoms with van der Waals surface area (Å²) in [5, 5.41) is 5.84. The monoisotopic (exact) mass is 358 g/mol. The van der Waals surface area contributed by atoms with E-state index in [2.05, 4.69) is 10.6 Å². The highest BCUT2D eigenvalue weighted by molar-refractivity contribution is 6.09. The van der Waals surface area contributed by atoms with E-state index in [-0.39, 0.29) is 17.9 Å². The first-order chi connectivity index (χ1) is 13.1. The third kappa shape index (κ3) is 5.05. The Balaban J connectivity index is 1.69. The van der Waals surface area contributed by atoms with Crippen LogP contribution in [0.15, 0.2) is 84.9 Å². The number of para-hydroxylation sites is 1. The minimum absolute atomic E-state index is 0.0298. The molecule has 1 atom stereocenters. The van der Waals surface area contributed by atoms with Crippen molar-refractivity contribution in [2.45, 2.75) is 19.4 Å². The van der Waals surface area contributed by atoms with Gasteiger partial charge in [0.15, 0.2) is 0 Å². The summed E-state index contributed by atoms with van der Waals surface area (Å²) in [6.07, 6.45) is 0.741. The van der Waals surface area contributed by atoms with Gasteiger partial charge in [0.25, 0.3) is 11.8 Å². The molecule has 0 spiro atoms. The van der Waals surface area contributed by atoms with E-state index >= 15 is 0 Å². The van der Waals surface area contributed by atoms with Crippen LogP contribution in [0.25, 0.3) is 0 Å². The Bertz CT molecular complexity index is 908. The van der Waals surface area contributed by atoms with Gasteiger partial charge in [-0.15, -0.1) is 0 Å². The Morgan fingerprint density at radius 3 is 2.07 bits per heavy atom. The third-order valence-corrected chi connectivity index (χ3v) is 4.22. The van der Waals surface area contributed by atoms with E-state index in [1.54, 1.807) is 48.5 Å². The molecule has 2 N–H and O–H groups in total. The van der Waals surface area contributed by atoms with E-state index < -0.39 is 0 Å². The Morgan fingerprint density at radius 2 is 1.37 bits per heavy atom. The molecule has 136 valence electrons. The van der Waals surface area contributed by atoms with Gasteiger partial charge in [0.05, 0.1) is 11.3 Å². The third-order valence-electron chi connectivity index (χ3n) is 4.22. The van der Waals surface area contributed by atoms with Crippen molar-refractivity contribution in [1.29, 1.82) is 0 Å². The molecule has 2 amide bonds. The zero-order valence-corrected chi connectivity index (χ0v) is 15.2. The second kappa shape index (κ2) is 8.81. The molecule has 4 heteroatoms. The van der Waals surface area contributed by atoms with Crippen LogP contribution in [0.5, 0.6) is 0 Å². The molecule has 3 aromatic rings. The summed E-state index contributed by atoms with van der Waals surface area (Å²) in [5.41, 5.74) is 2.65. The van der Waals surface area contributed by atoms with Gasteiger partial charge in [-0.2, -0.15) is 0 Å². The van der Waals surface area contributed by atoms with Gasteiger partial charge in [0.1, 0.15) is 0 Å². The molecule has 0 aliphatic rings. The van der Waals surface area contributed by atoms with Crippen LogP contribution in [0, 0.1) is 0 Å². The number of anilines is 1. The molecule has 4 nitrogen and oxygen atoms in total. The van der Waals surface area contributed by atoms with E-state index in [4.69, 9.17) is 0 Å². The summed E-state index contributed by atoms with van der Waals surface area (Å²) in [7, 11) is 0. The van der Waals surface area contributed by atoms with Crippen molar-refractivity contribution in [3.05, 3.63) is 102 Å². The fourth-order valence-electron chi connectivity index (χ4n) is 2.89. The number of benzene rings is 3. The number of amides is 2. The quantitative estimate of drug-likeness (QED) is 0.690.